The predicted octanol–water partition coefficient (Wildman–Crippen LogP) is 3.75. The summed E-state index contributed by atoms with van der Waals surface area (Å²) in [5, 5.41) is 2.78. The van der Waals surface area contributed by atoms with Crippen LogP contribution in [0, 0.1) is 13.8 Å². The average Bonchev–Trinajstić information content (AvgIpc) is 2.91. The van der Waals surface area contributed by atoms with Crippen LogP contribution >= 0.6 is 15.9 Å². The molecule has 0 radical (unpaired) electrons. The molecule has 0 spiro atoms. The van der Waals surface area contributed by atoms with Crippen LogP contribution in [0.2, 0.25) is 0 Å². The number of imidazole rings is 1. The molecule has 128 valence electrons. The Balaban J connectivity index is 2.05. The van der Waals surface area contributed by atoms with Crippen LogP contribution in [-0.4, -0.2) is 28.4 Å². The number of anilines is 1. The highest BCUT2D eigenvalue weighted by Gasteiger charge is 2.20. The number of hydrogen-bond donors (Lipinski definition) is 1. The second-order valence-corrected chi connectivity index (χ2v) is 6.45. The normalized spacial score (nSPS) is 10.7. The van der Waals surface area contributed by atoms with Gasteiger partial charge in [-0.2, -0.15) is 0 Å². The maximum Gasteiger partial charge on any atom is 0.339 e. The van der Waals surface area contributed by atoms with E-state index < -0.39 is 5.97 Å². The predicted molar refractivity (Wildman–Crippen MR) is 98.1 cm³/mol. The van der Waals surface area contributed by atoms with Crippen LogP contribution in [0.15, 0.2) is 41.0 Å². The number of nitrogens with one attached hydrogen (secondary N) is 1. The van der Waals surface area contributed by atoms with Gasteiger partial charge in [0.15, 0.2) is 5.65 Å². The van der Waals surface area contributed by atoms with E-state index in [1.807, 2.05) is 19.2 Å². The second-order valence-electron chi connectivity index (χ2n) is 5.60. The Morgan fingerprint density at radius 2 is 1.96 bits per heavy atom. The van der Waals surface area contributed by atoms with Crippen LogP contribution in [0.25, 0.3) is 5.65 Å². The van der Waals surface area contributed by atoms with Crippen molar-refractivity contribution >= 4 is 39.1 Å². The molecule has 0 unspecified atom stereocenters. The quantitative estimate of drug-likeness (QED) is 0.678. The van der Waals surface area contributed by atoms with Crippen LogP contribution in [0.4, 0.5) is 5.69 Å². The van der Waals surface area contributed by atoms with Crippen molar-refractivity contribution in [3.8, 4) is 0 Å². The topological polar surface area (TPSA) is 72.7 Å². The number of pyridine rings is 1. The number of hydrogen-bond acceptors (Lipinski definition) is 4. The number of fused-ring (bicyclic) bond motifs is 1. The van der Waals surface area contributed by atoms with Crippen molar-refractivity contribution in [3.63, 3.8) is 0 Å². The number of benzene rings is 1. The summed E-state index contributed by atoms with van der Waals surface area (Å²) in [4.78, 5) is 29.2. The molecule has 0 bridgehead atoms. The Labute approximate surface area is 153 Å². The zero-order valence-corrected chi connectivity index (χ0v) is 15.5. The summed E-state index contributed by atoms with van der Waals surface area (Å²) in [6.07, 6.45) is 1.85. The third-order valence-electron chi connectivity index (χ3n) is 3.78. The number of halogens is 1. The molecule has 0 aliphatic rings. The van der Waals surface area contributed by atoms with Gasteiger partial charge in [-0.15, -0.1) is 0 Å². The maximum absolute atomic E-state index is 12.9. The van der Waals surface area contributed by atoms with Gasteiger partial charge in [-0.05, 0) is 53.5 Å². The molecule has 1 N–H and O–H groups in total. The van der Waals surface area contributed by atoms with Crippen molar-refractivity contribution in [2.75, 3.05) is 12.4 Å². The SMILES string of the molecule is COC(=O)c1ccccc1NC(=O)c1c(C)nc2c(Br)cc(C)cn12. The first-order valence-corrected chi connectivity index (χ1v) is 8.35. The zero-order chi connectivity index (χ0) is 18.1. The Morgan fingerprint density at radius 3 is 2.68 bits per heavy atom. The highest BCUT2D eigenvalue weighted by atomic mass is 79.9. The standard InChI is InChI=1S/C18H16BrN3O3/c1-10-8-13(19)16-20-11(2)15(22(16)9-10)17(23)21-14-7-5-4-6-12(14)18(24)25-3/h4-9H,1-3H3,(H,21,23). The van der Waals surface area contributed by atoms with Crippen LogP contribution < -0.4 is 5.32 Å². The third-order valence-corrected chi connectivity index (χ3v) is 4.37. The van der Waals surface area contributed by atoms with E-state index in [2.05, 4.69) is 26.2 Å². The molecule has 3 rings (SSSR count). The number of amides is 1. The smallest absolute Gasteiger partial charge is 0.339 e. The number of rotatable bonds is 3. The van der Waals surface area contributed by atoms with E-state index in [0.717, 1.165) is 10.0 Å². The van der Waals surface area contributed by atoms with E-state index in [9.17, 15) is 9.59 Å². The summed E-state index contributed by atoms with van der Waals surface area (Å²) >= 11 is 3.47. The lowest BCUT2D eigenvalue weighted by Crippen LogP contribution is -2.18. The van der Waals surface area contributed by atoms with E-state index >= 15 is 0 Å². The van der Waals surface area contributed by atoms with E-state index in [4.69, 9.17) is 4.74 Å². The molecule has 0 saturated carbocycles. The monoisotopic (exact) mass is 401 g/mol. The van der Waals surface area contributed by atoms with Crippen LogP contribution in [0.1, 0.15) is 32.1 Å². The van der Waals surface area contributed by atoms with Gasteiger partial charge in [0.2, 0.25) is 0 Å². The number of para-hydroxylation sites is 1. The summed E-state index contributed by atoms with van der Waals surface area (Å²) in [5.74, 6) is -0.858. The van der Waals surface area contributed by atoms with Crippen molar-refractivity contribution < 1.29 is 14.3 Å². The lowest BCUT2D eigenvalue weighted by molar-refractivity contribution is 0.0602. The molecule has 25 heavy (non-hydrogen) atoms. The van der Waals surface area contributed by atoms with Crippen molar-refractivity contribution in [2.45, 2.75) is 13.8 Å². The molecule has 2 heterocycles. The summed E-state index contributed by atoms with van der Waals surface area (Å²) in [5.41, 5.74) is 3.34. The van der Waals surface area contributed by atoms with Crippen molar-refractivity contribution in [3.05, 3.63) is 63.5 Å². The first-order chi connectivity index (χ1) is 11.9. The minimum absolute atomic E-state index is 0.294. The lowest BCUT2D eigenvalue weighted by Gasteiger charge is -2.10. The molecule has 7 heteroatoms. The molecular formula is C18H16BrN3O3. The van der Waals surface area contributed by atoms with Gasteiger partial charge in [-0.25, -0.2) is 9.78 Å². The van der Waals surface area contributed by atoms with E-state index in [-0.39, 0.29) is 5.91 Å². The molecule has 0 aliphatic heterocycles. The van der Waals surface area contributed by atoms with E-state index in [1.165, 1.54) is 7.11 Å². The number of ether oxygens (including phenoxy) is 1. The van der Waals surface area contributed by atoms with Gasteiger partial charge in [0.05, 0.1) is 28.5 Å². The number of esters is 1. The summed E-state index contributed by atoms with van der Waals surface area (Å²) < 4.78 is 7.31. The van der Waals surface area contributed by atoms with Gasteiger partial charge in [-0.1, -0.05) is 12.1 Å². The average molecular weight is 402 g/mol. The van der Waals surface area contributed by atoms with Gasteiger partial charge in [-0.3, -0.25) is 9.20 Å². The van der Waals surface area contributed by atoms with Crippen molar-refractivity contribution in [2.24, 2.45) is 0 Å². The summed E-state index contributed by atoms with van der Waals surface area (Å²) in [6, 6.07) is 8.65. The highest BCUT2D eigenvalue weighted by Crippen LogP contribution is 2.24. The number of methoxy groups -OCH3 is 1. The fourth-order valence-corrected chi connectivity index (χ4v) is 3.32. The Morgan fingerprint density at radius 1 is 1.24 bits per heavy atom. The van der Waals surface area contributed by atoms with Crippen LogP contribution in [0.3, 0.4) is 0 Å². The molecule has 0 saturated heterocycles. The summed E-state index contributed by atoms with van der Waals surface area (Å²) in [7, 11) is 1.30. The lowest BCUT2D eigenvalue weighted by atomic mass is 10.1. The van der Waals surface area contributed by atoms with Gasteiger partial charge in [0.1, 0.15) is 5.69 Å². The van der Waals surface area contributed by atoms with E-state index in [1.54, 1.807) is 35.6 Å². The number of aryl methyl sites for hydroxylation is 2. The number of aromatic nitrogens is 2. The molecule has 1 amide bonds. The highest BCUT2D eigenvalue weighted by molar-refractivity contribution is 9.10. The minimum atomic E-state index is -0.510. The van der Waals surface area contributed by atoms with Crippen molar-refractivity contribution in [1.82, 2.24) is 9.38 Å². The molecule has 3 aromatic rings. The van der Waals surface area contributed by atoms with Gasteiger partial charge in [0, 0.05) is 6.20 Å². The minimum Gasteiger partial charge on any atom is -0.465 e. The molecule has 6 nitrogen and oxygen atoms in total. The van der Waals surface area contributed by atoms with Crippen molar-refractivity contribution in [1.29, 1.82) is 0 Å². The molecule has 0 atom stereocenters. The van der Waals surface area contributed by atoms with E-state index in [0.29, 0.717) is 28.3 Å². The molecule has 2 aromatic heterocycles. The molecule has 1 aromatic carbocycles. The number of carbonyl (C=O) groups is 2. The number of nitrogens with zero attached hydrogens (tertiary/aromatic N) is 2. The molecule has 0 aliphatic carbocycles. The Bertz CT molecular complexity index is 995. The Kier molecular flexibility index (Phi) is 4.59. The van der Waals surface area contributed by atoms with Gasteiger partial charge >= 0.3 is 5.97 Å². The molecule has 0 fully saturated rings. The Hall–Kier alpha value is -2.67. The first-order valence-electron chi connectivity index (χ1n) is 7.56. The number of carbonyl (C=O) groups excluding carboxylic acids is 2. The maximum atomic E-state index is 12.9. The second kappa shape index (κ2) is 6.68. The zero-order valence-electron chi connectivity index (χ0n) is 14.0. The largest absolute Gasteiger partial charge is 0.465 e. The fraction of sp³-hybridized carbons (Fsp3) is 0.167. The van der Waals surface area contributed by atoms with Gasteiger partial charge in [0.25, 0.3) is 5.91 Å². The van der Waals surface area contributed by atoms with Crippen LogP contribution in [0.5, 0.6) is 0 Å². The summed E-state index contributed by atoms with van der Waals surface area (Å²) in [6.45, 7) is 3.71. The van der Waals surface area contributed by atoms with Crippen LogP contribution in [-0.2, 0) is 4.74 Å². The molecular weight excluding hydrogens is 386 g/mol. The first kappa shape index (κ1) is 17.2. The fourth-order valence-electron chi connectivity index (χ4n) is 2.68. The third kappa shape index (κ3) is 3.15. The van der Waals surface area contributed by atoms with Gasteiger partial charge < -0.3 is 10.1 Å².